The molecule has 10 nitrogen and oxygen atoms in total. The summed E-state index contributed by atoms with van der Waals surface area (Å²) in [6.45, 7) is 5.71. The maximum atomic E-state index is 12.1. The summed E-state index contributed by atoms with van der Waals surface area (Å²) in [6, 6.07) is 5.86. The lowest BCUT2D eigenvalue weighted by atomic mass is 10.1. The number of H-pyrrole nitrogens is 2. The lowest BCUT2D eigenvalue weighted by molar-refractivity contribution is -0.118. The number of carbonyl (C=O) groups excluding carboxylic acids is 1. The second kappa shape index (κ2) is 9.03. The number of hydrogen-bond acceptors (Lipinski definition) is 7. The Morgan fingerprint density at radius 1 is 1.06 bits per heavy atom. The van der Waals surface area contributed by atoms with Gasteiger partial charge in [-0.15, -0.1) is 0 Å². The smallest absolute Gasteiger partial charge is 0.226 e. The largest absolute Gasteiger partial charge is 0.355 e. The van der Waals surface area contributed by atoms with Crippen LogP contribution in [-0.2, 0) is 4.79 Å². The summed E-state index contributed by atoms with van der Waals surface area (Å²) in [5.41, 5.74) is 5.50. The molecule has 0 aliphatic carbocycles. The molecule has 36 heavy (non-hydrogen) atoms. The summed E-state index contributed by atoms with van der Waals surface area (Å²) in [7, 11) is 0. The lowest BCUT2D eigenvalue weighted by Crippen LogP contribution is -2.30. The van der Waals surface area contributed by atoms with E-state index in [0.29, 0.717) is 22.9 Å². The lowest BCUT2D eigenvalue weighted by Gasteiger charge is -2.27. The fraction of sp³-hybridized carbons (Fsp3) is 0.308. The summed E-state index contributed by atoms with van der Waals surface area (Å²) >= 11 is 0. The zero-order valence-electron chi connectivity index (χ0n) is 20.2. The molecule has 0 aromatic carbocycles. The van der Waals surface area contributed by atoms with Crippen molar-refractivity contribution in [2.45, 2.75) is 33.1 Å². The normalized spacial score (nSPS) is 14.1. The summed E-state index contributed by atoms with van der Waals surface area (Å²) < 4.78 is 0. The van der Waals surface area contributed by atoms with Gasteiger partial charge in [-0.25, -0.2) is 15.0 Å². The van der Waals surface area contributed by atoms with Crippen LogP contribution in [0, 0.1) is 5.92 Å². The Labute approximate surface area is 207 Å². The minimum absolute atomic E-state index is 0.0528. The first-order valence-electron chi connectivity index (χ1n) is 12.3. The van der Waals surface area contributed by atoms with Crippen molar-refractivity contribution < 1.29 is 4.79 Å². The van der Waals surface area contributed by atoms with E-state index in [2.05, 4.69) is 40.3 Å². The molecule has 0 unspecified atom stereocenters. The Hall–Kier alpha value is -4.34. The molecule has 1 amide bonds. The van der Waals surface area contributed by atoms with Crippen LogP contribution in [0.4, 0.5) is 11.5 Å². The van der Waals surface area contributed by atoms with Gasteiger partial charge in [0.05, 0.1) is 22.8 Å². The van der Waals surface area contributed by atoms with Crippen molar-refractivity contribution in [3.8, 4) is 22.6 Å². The average molecular weight is 482 g/mol. The van der Waals surface area contributed by atoms with Crippen LogP contribution < -0.4 is 10.2 Å². The first kappa shape index (κ1) is 22.1. The zero-order chi connectivity index (χ0) is 24.6. The van der Waals surface area contributed by atoms with Crippen molar-refractivity contribution in [3.05, 3.63) is 43.0 Å². The second-order valence-electron chi connectivity index (χ2n) is 9.46. The van der Waals surface area contributed by atoms with Gasteiger partial charge in [0.1, 0.15) is 11.2 Å². The number of nitrogens with zero attached hydrogens (tertiary/aromatic N) is 6. The van der Waals surface area contributed by atoms with E-state index in [4.69, 9.17) is 4.98 Å². The summed E-state index contributed by atoms with van der Waals surface area (Å²) in [5.74, 6) is 1.41. The van der Waals surface area contributed by atoms with E-state index in [1.54, 1.807) is 18.6 Å². The van der Waals surface area contributed by atoms with Gasteiger partial charge in [0.25, 0.3) is 0 Å². The molecule has 1 fully saturated rings. The number of imidazole rings is 1. The Morgan fingerprint density at radius 2 is 1.89 bits per heavy atom. The Kier molecular flexibility index (Phi) is 5.55. The minimum atomic E-state index is -0.116. The highest BCUT2D eigenvalue weighted by molar-refractivity contribution is 5.96. The maximum absolute atomic E-state index is 12.1. The van der Waals surface area contributed by atoms with Gasteiger partial charge in [0.2, 0.25) is 5.91 Å². The number of aromatic amines is 2. The van der Waals surface area contributed by atoms with Gasteiger partial charge in [-0.1, -0.05) is 13.8 Å². The highest BCUT2D eigenvalue weighted by atomic mass is 16.1. The van der Waals surface area contributed by atoms with Crippen LogP contribution >= 0.6 is 0 Å². The molecule has 3 N–H and O–H groups in total. The summed E-state index contributed by atoms with van der Waals surface area (Å²) in [6.07, 6.45) is 10.6. The molecule has 1 saturated heterocycles. The number of anilines is 2. The van der Waals surface area contributed by atoms with Crippen molar-refractivity contribution in [1.29, 1.82) is 0 Å². The van der Waals surface area contributed by atoms with Gasteiger partial charge in [0.15, 0.2) is 17.3 Å². The molecule has 0 radical (unpaired) electrons. The van der Waals surface area contributed by atoms with E-state index in [1.807, 2.05) is 38.2 Å². The standard InChI is InChI=1S/C26H27N9O/c1-15(2)26(36)30-18-10-16(12-27-14-18)17-11-19-21(33-34-23(19)29-13-17)24-31-20-6-7-28-25(22(20)32-24)35-8-4-3-5-9-35/h6-7,10-15H,3-5,8-9H2,1-2H3,(H,30,36)(H,31,32)(H,29,33,34). The van der Waals surface area contributed by atoms with E-state index in [-0.39, 0.29) is 11.8 Å². The third-order valence-electron chi connectivity index (χ3n) is 6.54. The first-order valence-corrected chi connectivity index (χ1v) is 12.3. The van der Waals surface area contributed by atoms with Gasteiger partial charge >= 0.3 is 0 Å². The molecule has 6 rings (SSSR count). The Bertz CT molecular complexity index is 1560. The van der Waals surface area contributed by atoms with Crippen molar-refractivity contribution in [3.63, 3.8) is 0 Å². The van der Waals surface area contributed by atoms with Crippen molar-refractivity contribution in [2.24, 2.45) is 5.92 Å². The summed E-state index contributed by atoms with van der Waals surface area (Å²) in [5, 5.41) is 11.3. The monoisotopic (exact) mass is 481 g/mol. The van der Waals surface area contributed by atoms with E-state index >= 15 is 0 Å². The Balaban J connectivity index is 1.38. The SMILES string of the molecule is CC(C)C(=O)Nc1cncc(-c2cnc3[nH]nc(-c4nc5c(N6CCCCC6)nccc5[nH]4)c3c2)c1. The third kappa shape index (κ3) is 4.04. The number of hydrogen-bond donors (Lipinski definition) is 3. The molecule has 5 aromatic heterocycles. The molecule has 10 heteroatoms. The van der Waals surface area contributed by atoms with Gasteiger partial charge in [-0.2, -0.15) is 5.10 Å². The highest BCUT2D eigenvalue weighted by Gasteiger charge is 2.20. The number of piperidine rings is 1. The van der Waals surface area contributed by atoms with Crippen LogP contribution in [0.1, 0.15) is 33.1 Å². The Morgan fingerprint density at radius 3 is 2.72 bits per heavy atom. The molecule has 0 atom stereocenters. The van der Waals surface area contributed by atoms with Gasteiger partial charge < -0.3 is 15.2 Å². The van der Waals surface area contributed by atoms with Crippen LogP contribution in [0.3, 0.4) is 0 Å². The maximum Gasteiger partial charge on any atom is 0.226 e. The number of pyridine rings is 3. The average Bonchev–Trinajstić information content (AvgIpc) is 3.53. The molecule has 5 aromatic rings. The van der Waals surface area contributed by atoms with Gasteiger partial charge in [-0.3, -0.25) is 14.9 Å². The van der Waals surface area contributed by atoms with E-state index in [1.165, 1.54) is 19.3 Å². The van der Waals surface area contributed by atoms with Crippen molar-refractivity contribution in [2.75, 3.05) is 23.3 Å². The number of aromatic nitrogens is 7. The molecule has 0 spiro atoms. The number of amides is 1. The zero-order valence-corrected chi connectivity index (χ0v) is 20.2. The van der Waals surface area contributed by atoms with E-state index in [0.717, 1.165) is 46.5 Å². The van der Waals surface area contributed by atoms with Crippen LogP contribution in [0.15, 0.2) is 43.0 Å². The van der Waals surface area contributed by atoms with E-state index in [9.17, 15) is 4.79 Å². The molecule has 1 aliphatic rings. The number of rotatable bonds is 5. The molecule has 0 saturated carbocycles. The van der Waals surface area contributed by atoms with E-state index < -0.39 is 0 Å². The predicted octanol–water partition coefficient (Wildman–Crippen LogP) is 4.54. The molecule has 0 bridgehead atoms. The van der Waals surface area contributed by atoms with Crippen molar-refractivity contribution >= 4 is 39.5 Å². The molecular weight excluding hydrogens is 454 g/mol. The van der Waals surface area contributed by atoms with Crippen LogP contribution in [0.25, 0.3) is 44.7 Å². The molecule has 6 heterocycles. The van der Waals surface area contributed by atoms with Crippen LogP contribution in [-0.4, -0.2) is 54.1 Å². The second-order valence-corrected chi connectivity index (χ2v) is 9.46. The van der Waals surface area contributed by atoms with Gasteiger partial charge in [0, 0.05) is 48.7 Å². The van der Waals surface area contributed by atoms with Gasteiger partial charge in [-0.05, 0) is 37.5 Å². The minimum Gasteiger partial charge on any atom is -0.355 e. The van der Waals surface area contributed by atoms with Crippen molar-refractivity contribution in [1.82, 2.24) is 35.1 Å². The molecule has 1 aliphatic heterocycles. The third-order valence-corrected chi connectivity index (χ3v) is 6.54. The highest BCUT2D eigenvalue weighted by Crippen LogP contribution is 2.32. The fourth-order valence-electron chi connectivity index (χ4n) is 4.57. The number of carbonyl (C=O) groups is 1. The first-order chi connectivity index (χ1) is 17.6. The van der Waals surface area contributed by atoms with Crippen LogP contribution in [0.5, 0.6) is 0 Å². The molecular formula is C26H27N9O. The predicted molar refractivity (Wildman–Crippen MR) is 140 cm³/mol. The molecule has 182 valence electrons. The quantitative estimate of drug-likeness (QED) is 0.336. The number of fused-ring (bicyclic) bond motifs is 2. The topological polar surface area (TPSA) is 128 Å². The number of nitrogens with one attached hydrogen (secondary N) is 3. The van der Waals surface area contributed by atoms with Crippen LogP contribution in [0.2, 0.25) is 0 Å². The fourth-order valence-corrected chi connectivity index (χ4v) is 4.57. The summed E-state index contributed by atoms with van der Waals surface area (Å²) in [4.78, 5) is 36.3.